The lowest BCUT2D eigenvalue weighted by Gasteiger charge is -2.11. The van der Waals surface area contributed by atoms with Gasteiger partial charge in [-0.15, -0.1) is 12.4 Å². The molecule has 6 nitrogen and oxygen atoms in total. The first kappa shape index (κ1) is 15.7. The maximum absolute atomic E-state index is 11.9. The highest BCUT2D eigenvalue weighted by Crippen LogP contribution is 2.22. The summed E-state index contributed by atoms with van der Waals surface area (Å²) in [5, 5.41) is 16.6. The van der Waals surface area contributed by atoms with Crippen LogP contribution in [0.1, 0.15) is 16.8 Å². The molecular formula is C11H13Cl2N3O3. The minimum absolute atomic E-state index is 0. The van der Waals surface area contributed by atoms with Gasteiger partial charge in [0.25, 0.3) is 11.6 Å². The van der Waals surface area contributed by atoms with E-state index < -0.39 is 4.92 Å². The Hall–Kier alpha value is -1.37. The molecule has 104 valence electrons. The number of non-ortho nitro benzene ring substituents is 1. The number of nitro benzene ring substituents is 1. The first-order chi connectivity index (χ1) is 8.58. The van der Waals surface area contributed by atoms with Crippen molar-refractivity contribution < 1.29 is 9.72 Å². The molecule has 19 heavy (non-hydrogen) atoms. The molecule has 0 radical (unpaired) electrons. The lowest BCUT2D eigenvalue weighted by Crippen LogP contribution is -2.36. The SMILES string of the molecule is Cl.O=C(NC1CCNC1)c1ccc([N+](=O)[O-])cc1Cl. The van der Waals surface area contributed by atoms with E-state index in [1.165, 1.54) is 18.2 Å². The second kappa shape index (κ2) is 6.70. The van der Waals surface area contributed by atoms with Crippen LogP contribution < -0.4 is 10.6 Å². The summed E-state index contributed by atoms with van der Waals surface area (Å²) in [5.74, 6) is -0.302. The summed E-state index contributed by atoms with van der Waals surface area (Å²) in [5.41, 5.74) is 0.133. The number of halogens is 2. The highest BCUT2D eigenvalue weighted by atomic mass is 35.5. The molecule has 1 saturated heterocycles. The van der Waals surface area contributed by atoms with Gasteiger partial charge in [0, 0.05) is 24.7 Å². The lowest BCUT2D eigenvalue weighted by atomic mass is 10.1. The quantitative estimate of drug-likeness (QED) is 0.658. The zero-order valence-electron chi connectivity index (χ0n) is 9.89. The van der Waals surface area contributed by atoms with Crippen molar-refractivity contribution >= 4 is 35.6 Å². The van der Waals surface area contributed by atoms with Gasteiger partial charge in [0.1, 0.15) is 0 Å². The number of hydrogen-bond donors (Lipinski definition) is 2. The van der Waals surface area contributed by atoms with E-state index >= 15 is 0 Å². The fourth-order valence-electron chi connectivity index (χ4n) is 1.84. The number of rotatable bonds is 3. The lowest BCUT2D eigenvalue weighted by molar-refractivity contribution is -0.384. The molecule has 0 spiro atoms. The molecule has 2 rings (SSSR count). The number of nitrogens with zero attached hydrogens (tertiary/aromatic N) is 1. The minimum Gasteiger partial charge on any atom is -0.348 e. The maximum Gasteiger partial charge on any atom is 0.270 e. The summed E-state index contributed by atoms with van der Waals surface area (Å²) < 4.78 is 0. The number of carbonyl (C=O) groups excluding carboxylic acids is 1. The molecule has 1 aliphatic heterocycles. The predicted molar refractivity (Wildman–Crippen MR) is 74.1 cm³/mol. The smallest absolute Gasteiger partial charge is 0.270 e. The molecule has 1 unspecified atom stereocenters. The maximum atomic E-state index is 11.9. The Kier molecular flexibility index (Phi) is 5.53. The first-order valence-corrected chi connectivity index (χ1v) is 5.91. The van der Waals surface area contributed by atoms with Gasteiger partial charge in [-0.3, -0.25) is 14.9 Å². The molecule has 2 N–H and O–H groups in total. The Morgan fingerprint density at radius 3 is 2.79 bits per heavy atom. The van der Waals surface area contributed by atoms with E-state index in [-0.39, 0.29) is 40.6 Å². The minimum atomic E-state index is -0.547. The molecule has 0 saturated carbocycles. The molecule has 1 amide bonds. The fraction of sp³-hybridized carbons (Fsp3) is 0.364. The third kappa shape index (κ3) is 3.79. The van der Waals surface area contributed by atoms with Crippen molar-refractivity contribution in [1.29, 1.82) is 0 Å². The van der Waals surface area contributed by atoms with E-state index in [1.807, 2.05) is 0 Å². The van der Waals surface area contributed by atoms with Gasteiger partial charge in [-0.05, 0) is 19.0 Å². The van der Waals surface area contributed by atoms with Crippen LogP contribution in [0.3, 0.4) is 0 Å². The molecule has 1 fully saturated rings. The van der Waals surface area contributed by atoms with E-state index in [1.54, 1.807) is 0 Å². The summed E-state index contributed by atoms with van der Waals surface area (Å²) in [6.07, 6.45) is 0.871. The van der Waals surface area contributed by atoms with Crippen molar-refractivity contribution in [3.8, 4) is 0 Å². The number of nitro groups is 1. The molecule has 1 aromatic carbocycles. The van der Waals surface area contributed by atoms with Crippen LogP contribution in [-0.4, -0.2) is 30.0 Å². The summed E-state index contributed by atoms with van der Waals surface area (Å²) in [7, 11) is 0. The van der Waals surface area contributed by atoms with Crippen LogP contribution in [0.25, 0.3) is 0 Å². The number of hydrogen-bond acceptors (Lipinski definition) is 4. The molecular weight excluding hydrogens is 293 g/mol. The van der Waals surface area contributed by atoms with Crippen molar-refractivity contribution in [3.63, 3.8) is 0 Å². The van der Waals surface area contributed by atoms with E-state index in [2.05, 4.69) is 10.6 Å². The molecule has 1 aliphatic rings. The summed E-state index contributed by atoms with van der Waals surface area (Å²) in [6, 6.07) is 3.92. The molecule has 1 aromatic rings. The summed E-state index contributed by atoms with van der Waals surface area (Å²) in [6.45, 7) is 1.61. The monoisotopic (exact) mass is 305 g/mol. The van der Waals surface area contributed by atoms with Gasteiger partial charge in [-0.2, -0.15) is 0 Å². The highest BCUT2D eigenvalue weighted by molar-refractivity contribution is 6.34. The second-order valence-corrected chi connectivity index (χ2v) is 4.49. The van der Waals surface area contributed by atoms with Crippen LogP contribution in [0.4, 0.5) is 5.69 Å². The van der Waals surface area contributed by atoms with Crippen molar-refractivity contribution in [2.45, 2.75) is 12.5 Å². The van der Waals surface area contributed by atoms with Gasteiger partial charge in [0.15, 0.2) is 0 Å². The average Bonchev–Trinajstić information content (AvgIpc) is 2.81. The zero-order chi connectivity index (χ0) is 13.1. The first-order valence-electron chi connectivity index (χ1n) is 5.53. The van der Waals surface area contributed by atoms with E-state index in [0.717, 1.165) is 19.5 Å². The van der Waals surface area contributed by atoms with Crippen LogP contribution in [-0.2, 0) is 0 Å². The van der Waals surface area contributed by atoms with Crippen molar-refractivity contribution in [2.75, 3.05) is 13.1 Å². The summed E-state index contributed by atoms with van der Waals surface area (Å²) >= 11 is 5.87. The number of nitrogens with one attached hydrogen (secondary N) is 2. The van der Waals surface area contributed by atoms with Crippen LogP contribution in [0.2, 0.25) is 5.02 Å². The Bertz CT molecular complexity index is 490. The number of carbonyl (C=O) groups is 1. The van der Waals surface area contributed by atoms with Gasteiger partial charge in [0.2, 0.25) is 0 Å². The van der Waals surface area contributed by atoms with Gasteiger partial charge >= 0.3 is 0 Å². The standard InChI is InChI=1S/C11H12ClN3O3.ClH/c12-10-5-8(15(17)18)1-2-9(10)11(16)14-7-3-4-13-6-7;/h1-2,5,7,13H,3-4,6H2,(H,14,16);1H. The Morgan fingerprint density at radius 1 is 1.53 bits per heavy atom. The third-order valence-corrected chi connectivity index (χ3v) is 3.12. The van der Waals surface area contributed by atoms with Gasteiger partial charge < -0.3 is 10.6 Å². The molecule has 1 atom stereocenters. The Balaban J connectivity index is 0.00000180. The van der Waals surface area contributed by atoms with E-state index in [4.69, 9.17) is 11.6 Å². The van der Waals surface area contributed by atoms with Crippen LogP contribution in [0, 0.1) is 10.1 Å². The number of amides is 1. The van der Waals surface area contributed by atoms with E-state index in [0.29, 0.717) is 0 Å². The van der Waals surface area contributed by atoms with E-state index in [9.17, 15) is 14.9 Å². The highest BCUT2D eigenvalue weighted by Gasteiger charge is 2.20. The average molecular weight is 306 g/mol. The second-order valence-electron chi connectivity index (χ2n) is 4.08. The Morgan fingerprint density at radius 2 is 2.26 bits per heavy atom. The van der Waals surface area contributed by atoms with Crippen molar-refractivity contribution in [2.24, 2.45) is 0 Å². The largest absolute Gasteiger partial charge is 0.348 e. The van der Waals surface area contributed by atoms with Gasteiger partial charge in [-0.25, -0.2) is 0 Å². The van der Waals surface area contributed by atoms with Gasteiger partial charge in [-0.1, -0.05) is 11.6 Å². The number of benzene rings is 1. The normalized spacial score (nSPS) is 17.6. The van der Waals surface area contributed by atoms with Crippen molar-refractivity contribution in [1.82, 2.24) is 10.6 Å². The molecule has 0 aromatic heterocycles. The van der Waals surface area contributed by atoms with Crippen molar-refractivity contribution in [3.05, 3.63) is 38.9 Å². The van der Waals surface area contributed by atoms with Gasteiger partial charge in [0.05, 0.1) is 15.5 Å². The molecule has 0 bridgehead atoms. The predicted octanol–water partition coefficient (Wildman–Crippen LogP) is 1.76. The topological polar surface area (TPSA) is 84.3 Å². The zero-order valence-corrected chi connectivity index (χ0v) is 11.5. The summed E-state index contributed by atoms with van der Waals surface area (Å²) in [4.78, 5) is 21.9. The molecule has 0 aliphatic carbocycles. The fourth-order valence-corrected chi connectivity index (χ4v) is 2.10. The van der Waals surface area contributed by atoms with Crippen LogP contribution in [0.15, 0.2) is 18.2 Å². The molecule has 1 heterocycles. The van der Waals surface area contributed by atoms with Crippen LogP contribution in [0.5, 0.6) is 0 Å². The molecule has 8 heteroatoms. The third-order valence-electron chi connectivity index (χ3n) is 2.80. The Labute approximate surface area is 121 Å². The van der Waals surface area contributed by atoms with Crippen LogP contribution >= 0.6 is 24.0 Å².